The van der Waals surface area contributed by atoms with Crippen LogP contribution in [0.3, 0.4) is 0 Å². The molecule has 0 atom stereocenters. The van der Waals surface area contributed by atoms with E-state index in [0.717, 1.165) is 13.0 Å². The van der Waals surface area contributed by atoms with Crippen molar-refractivity contribution < 1.29 is 4.79 Å². The van der Waals surface area contributed by atoms with Gasteiger partial charge < -0.3 is 10.6 Å². The Morgan fingerprint density at radius 1 is 1.10 bits per heavy atom. The molecular formula is C17H28N2O. The second-order valence-corrected chi connectivity index (χ2v) is 6.64. The van der Waals surface area contributed by atoms with Crippen molar-refractivity contribution in [1.29, 1.82) is 0 Å². The van der Waals surface area contributed by atoms with E-state index in [1.165, 1.54) is 5.56 Å². The lowest BCUT2D eigenvalue weighted by atomic mass is 9.84. The molecule has 0 aliphatic carbocycles. The molecule has 3 heteroatoms. The number of hydrogen-bond acceptors (Lipinski definition) is 2. The first-order valence-electron chi connectivity index (χ1n) is 7.34. The highest BCUT2D eigenvalue weighted by molar-refractivity contribution is 5.78. The van der Waals surface area contributed by atoms with Crippen molar-refractivity contribution in [2.24, 2.45) is 0 Å². The van der Waals surface area contributed by atoms with Gasteiger partial charge in [-0.15, -0.1) is 0 Å². The summed E-state index contributed by atoms with van der Waals surface area (Å²) < 4.78 is 0. The van der Waals surface area contributed by atoms with E-state index in [-0.39, 0.29) is 16.9 Å². The Balaban J connectivity index is 2.42. The third-order valence-corrected chi connectivity index (χ3v) is 3.77. The molecular weight excluding hydrogens is 248 g/mol. The molecule has 0 unspecified atom stereocenters. The number of rotatable bonds is 7. The maximum absolute atomic E-state index is 11.9. The third-order valence-electron chi connectivity index (χ3n) is 3.77. The lowest BCUT2D eigenvalue weighted by Crippen LogP contribution is -2.47. The van der Waals surface area contributed by atoms with Crippen molar-refractivity contribution in [3.63, 3.8) is 0 Å². The zero-order valence-corrected chi connectivity index (χ0v) is 13.4. The van der Waals surface area contributed by atoms with Gasteiger partial charge in [0.2, 0.25) is 5.91 Å². The topological polar surface area (TPSA) is 41.1 Å². The predicted molar refractivity (Wildman–Crippen MR) is 84.9 cm³/mol. The summed E-state index contributed by atoms with van der Waals surface area (Å²) in [6.07, 6.45) is 0.925. The lowest BCUT2D eigenvalue weighted by molar-refractivity contribution is -0.121. The van der Waals surface area contributed by atoms with E-state index in [2.05, 4.69) is 43.5 Å². The van der Waals surface area contributed by atoms with Crippen LogP contribution < -0.4 is 10.6 Å². The molecule has 112 valence electrons. The molecule has 1 aromatic carbocycles. The molecule has 2 N–H and O–H groups in total. The molecule has 0 saturated carbocycles. The normalized spacial score (nSPS) is 12.2. The molecule has 0 aromatic heterocycles. The molecule has 0 aliphatic rings. The summed E-state index contributed by atoms with van der Waals surface area (Å²) in [5.74, 6) is 0.0562. The summed E-state index contributed by atoms with van der Waals surface area (Å²) in [6, 6.07) is 10.4. The number of benzene rings is 1. The molecule has 3 nitrogen and oxygen atoms in total. The second kappa shape index (κ2) is 6.89. The van der Waals surface area contributed by atoms with Gasteiger partial charge in [-0.3, -0.25) is 4.79 Å². The fourth-order valence-corrected chi connectivity index (χ4v) is 1.99. The minimum atomic E-state index is -0.131. The third kappa shape index (κ3) is 5.33. The SMILES string of the molecule is CCC(C)(C)NC(=O)CNCC(C)(C)c1ccccc1. The largest absolute Gasteiger partial charge is 0.350 e. The van der Waals surface area contributed by atoms with Crippen LogP contribution in [-0.2, 0) is 10.2 Å². The molecule has 1 rings (SSSR count). The summed E-state index contributed by atoms with van der Waals surface area (Å²) in [4.78, 5) is 11.9. The van der Waals surface area contributed by atoms with Crippen molar-refractivity contribution in [2.45, 2.75) is 52.0 Å². The maximum Gasteiger partial charge on any atom is 0.234 e. The number of nitrogens with one attached hydrogen (secondary N) is 2. The summed E-state index contributed by atoms with van der Waals surface area (Å²) in [6.45, 7) is 11.7. The summed E-state index contributed by atoms with van der Waals surface area (Å²) in [7, 11) is 0. The number of amides is 1. The van der Waals surface area contributed by atoms with Gasteiger partial charge in [-0.1, -0.05) is 51.1 Å². The van der Waals surface area contributed by atoms with Crippen molar-refractivity contribution in [2.75, 3.05) is 13.1 Å². The Labute approximate surface area is 123 Å². The average molecular weight is 276 g/mol. The van der Waals surface area contributed by atoms with Gasteiger partial charge in [-0.2, -0.15) is 0 Å². The molecule has 0 fully saturated rings. The molecule has 20 heavy (non-hydrogen) atoms. The first-order chi connectivity index (χ1) is 9.27. The zero-order chi connectivity index (χ0) is 15.2. The lowest BCUT2D eigenvalue weighted by Gasteiger charge is -2.27. The van der Waals surface area contributed by atoms with Crippen LogP contribution in [0.1, 0.15) is 46.6 Å². The van der Waals surface area contributed by atoms with E-state index < -0.39 is 0 Å². The average Bonchev–Trinajstić information content (AvgIpc) is 2.39. The summed E-state index contributed by atoms with van der Waals surface area (Å²) >= 11 is 0. The Hall–Kier alpha value is -1.35. The Morgan fingerprint density at radius 2 is 1.70 bits per heavy atom. The van der Waals surface area contributed by atoms with E-state index in [0.29, 0.717) is 6.54 Å². The highest BCUT2D eigenvalue weighted by Crippen LogP contribution is 2.21. The Bertz CT molecular complexity index is 424. The van der Waals surface area contributed by atoms with Crippen LogP contribution in [0.2, 0.25) is 0 Å². The Kier molecular flexibility index (Phi) is 5.75. The standard InChI is InChI=1S/C17H28N2O/c1-6-17(4,5)19-15(20)12-18-13-16(2,3)14-10-8-7-9-11-14/h7-11,18H,6,12-13H2,1-5H3,(H,19,20). The number of hydrogen-bond donors (Lipinski definition) is 2. The molecule has 0 saturated heterocycles. The fraction of sp³-hybridized carbons (Fsp3) is 0.588. The van der Waals surface area contributed by atoms with Crippen LogP contribution in [0.15, 0.2) is 30.3 Å². The van der Waals surface area contributed by atoms with Crippen molar-refractivity contribution >= 4 is 5.91 Å². The minimum Gasteiger partial charge on any atom is -0.350 e. The summed E-state index contributed by atoms with van der Waals surface area (Å²) in [5.41, 5.74) is 1.16. The van der Waals surface area contributed by atoms with Crippen LogP contribution in [0.5, 0.6) is 0 Å². The number of carbonyl (C=O) groups excluding carboxylic acids is 1. The fourth-order valence-electron chi connectivity index (χ4n) is 1.99. The van der Waals surface area contributed by atoms with E-state index >= 15 is 0 Å². The second-order valence-electron chi connectivity index (χ2n) is 6.64. The van der Waals surface area contributed by atoms with E-state index in [1.807, 2.05) is 32.0 Å². The van der Waals surface area contributed by atoms with Gasteiger partial charge in [0.1, 0.15) is 0 Å². The molecule has 0 radical (unpaired) electrons. The van der Waals surface area contributed by atoms with Crippen molar-refractivity contribution in [3.8, 4) is 0 Å². The molecule has 0 heterocycles. The van der Waals surface area contributed by atoms with Crippen molar-refractivity contribution in [3.05, 3.63) is 35.9 Å². The van der Waals surface area contributed by atoms with Crippen LogP contribution in [0.25, 0.3) is 0 Å². The monoisotopic (exact) mass is 276 g/mol. The van der Waals surface area contributed by atoms with E-state index in [1.54, 1.807) is 0 Å². The van der Waals surface area contributed by atoms with Gasteiger partial charge in [0.25, 0.3) is 0 Å². The maximum atomic E-state index is 11.9. The first-order valence-corrected chi connectivity index (χ1v) is 7.34. The van der Waals surface area contributed by atoms with Crippen LogP contribution in [-0.4, -0.2) is 24.5 Å². The molecule has 0 spiro atoms. The molecule has 0 aliphatic heterocycles. The minimum absolute atomic E-state index is 0.0157. The summed E-state index contributed by atoms with van der Waals surface area (Å²) in [5, 5.41) is 6.29. The van der Waals surface area contributed by atoms with Gasteiger partial charge >= 0.3 is 0 Å². The van der Waals surface area contributed by atoms with Gasteiger partial charge in [0, 0.05) is 17.5 Å². The van der Waals surface area contributed by atoms with E-state index in [9.17, 15) is 4.79 Å². The number of carbonyl (C=O) groups is 1. The van der Waals surface area contributed by atoms with Gasteiger partial charge in [-0.25, -0.2) is 0 Å². The smallest absolute Gasteiger partial charge is 0.234 e. The molecule has 0 bridgehead atoms. The van der Waals surface area contributed by atoms with Gasteiger partial charge in [0.05, 0.1) is 6.54 Å². The van der Waals surface area contributed by atoms with Gasteiger partial charge in [-0.05, 0) is 25.8 Å². The van der Waals surface area contributed by atoms with E-state index in [4.69, 9.17) is 0 Å². The quantitative estimate of drug-likeness (QED) is 0.804. The van der Waals surface area contributed by atoms with Crippen LogP contribution in [0, 0.1) is 0 Å². The van der Waals surface area contributed by atoms with Gasteiger partial charge in [0.15, 0.2) is 0 Å². The van der Waals surface area contributed by atoms with Crippen LogP contribution in [0.4, 0.5) is 0 Å². The highest BCUT2D eigenvalue weighted by atomic mass is 16.2. The Morgan fingerprint density at radius 3 is 2.25 bits per heavy atom. The molecule has 1 amide bonds. The highest BCUT2D eigenvalue weighted by Gasteiger charge is 2.21. The van der Waals surface area contributed by atoms with Crippen molar-refractivity contribution in [1.82, 2.24) is 10.6 Å². The first kappa shape index (κ1) is 16.7. The predicted octanol–water partition coefficient (Wildman–Crippen LogP) is 2.86. The molecule has 1 aromatic rings. The van der Waals surface area contributed by atoms with Crippen LogP contribution >= 0.6 is 0 Å². The zero-order valence-electron chi connectivity index (χ0n) is 13.4.